The third kappa shape index (κ3) is 9.64. The fourth-order valence-corrected chi connectivity index (χ4v) is 4.91. The van der Waals surface area contributed by atoms with Gasteiger partial charge >= 0.3 is 0 Å². The maximum absolute atomic E-state index is 12.5. The Kier molecular flexibility index (Phi) is 11.3. The Hall–Kier alpha value is -3.31. The SMILES string of the molecule is Cc1ccc(OC(C)C(=O)COc2ccc(CCCN(C)CC(c3ccc(Cl)cc3)c3ccc(Cl)cc3)cc2)cc1. The molecule has 0 radical (unpaired) electrons. The zero-order valence-electron chi connectivity index (χ0n) is 23.9. The Morgan fingerprint density at radius 3 is 1.88 bits per heavy atom. The van der Waals surface area contributed by atoms with E-state index in [1.165, 1.54) is 16.7 Å². The first-order valence-corrected chi connectivity index (χ1v) is 14.7. The summed E-state index contributed by atoms with van der Waals surface area (Å²) in [5.74, 6) is 1.47. The van der Waals surface area contributed by atoms with Gasteiger partial charge in [-0.25, -0.2) is 0 Å². The Balaban J connectivity index is 1.23. The first-order chi connectivity index (χ1) is 19.8. The van der Waals surface area contributed by atoms with Crippen LogP contribution in [0.2, 0.25) is 10.0 Å². The predicted octanol–water partition coefficient (Wildman–Crippen LogP) is 8.41. The molecule has 0 aliphatic heterocycles. The average Bonchev–Trinajstić information content (AvgIpc) is 2.97. The van der Waals surface area contributed by atoms with E-state index in [9.17, 15) is 4.79 Å². The molecule has 214 valence electrons. The Morgan fingerprint density at radius 2 is 1.32 bits per heavy atom. The third-order valence-electron chi connectivity index (χ3n) is 7.14. The molecule has 0 aliphatic carbocycles. The molecule has 6 heteroatoms. The van der Waals surface area contributed by atoms with E-state index in [1.54, 1.807) is 6.92 Å². The molecule has 4 rings (SSSR count). The minimum Gasteiger partial charge on any atom is -0.486 e. The second-order valence-corrected chi connectivity index (χ2v) is 11.4. The van der Waals surface area contributed by atoms with Crippen molar-refractivity contribution in [1.82, 2.24) is 4.90 Å². The van der Waals surface area contributed by atoms with Gasteiger partial charge in [-0.05, 0) is 106 Å². The summed E-state index contributed by atoms with van der Waals surface area (Å²) in [4.78, 5) is 14.9. The average molecular weight is 591 g/mol. The number of hydrogen-bond donors (Lipinski definition) is 0. The van der Waals surface area contributed by atoms with Crippen LogP contribution in [0, 0.1) is 6.92 Å². The van der Waals surface area contributed by atoms with E-state index < -0.39 is 6.10 Å². The van der Waals surface area contributed by atoms with Gasteiger partial charge < -0.3 is 14.4 Å². The number of likely N-dealkylation sites (N-methyl/N-ethyl adjacent to an activating group) is 1. The van der Waals surface area contributed by atoms with Gasteiger partial charge in [-0.2, -0.15) is 0 Å². The quantitative estimate of drug-likeness (QED) is 0.148. The van der Waals surface area contributed by atoms with Crippen molar-refractivity contribution in [2.75, 3.05) is 26.7 Å². The summed E-state index contributed by atoms with van der Waals surface area (Å²) >= 11 is 12.3. The van der Waals surface area contributed by atoms with Crippen molar-refractivity contribution in [2.45, 2.75) is 38.7 Å². The van der Waals surface area contributed by atoms with Gasteiger partial charge in [0.2, 0.25) is 5.78 Å². The summed E-state index contributed by atoms with van der Waals surface area (Å²) < 4.78 is 11.5. The van der Waals surface area contributed by atoms with Gasteiger partial charge in [0.25, 0.3) is 0 Å². The smallest absolute Gasteiger partial charge is 0.210 e. The molecule has 0 saturated carbocycles. The highest BCUT2D eigenvalue weighted by Crippen LogP contribution is 2.28. The molecule has 1 unspecified atom stereocenters. The van der Waals surface area contributed by atoms with Crippen molar-refractivity contribution < 1.29 is 14.3 Å². The topological polar surface area (TPSA) is 38.8 Å². The summed E-state index contributed by atoms with van der Waals surface area (Å²) in [7, 11) is 2.16. The number of rotatable bonds is 14. The lowest BCUT2D eigenvalue weighted by molar-refractivity contribution is -0.127. The van der Waals surface area contributed by atoms with Crippen molar-refractivity contribution in [3.05, 3.63) is 129 Å². The van der Waals surface area contributed by atoms with Crippen molar-refractivity contribution in [2.24, 2.45) is 0 Å². The standard InChI is InChI=1S/C35H37Cl2NO3/c1-25-6-18-33(19-7-25)41-26(2)35(39)24-40-32-20-8-27(9-21-32)5-4-22-38(3)23-34(28-10-14-30(36)15-11-28)29-12-16-31(37)17-13-29/h6-21,26,34H,4-5,22-24H2,1-3H3. The molecule has 0 bridgehead atoms. The van der Waals surface area contributed by atoms with Crippen LogP contribution in [0.15, 0.2) is 97.1 Å². The molecule has 0 aliphatic rings. The largest absolute Gasteiger partial charge is 0.486 e. The number of carbonyl (C=O) groups excluding carboxylic acids is 1. The lowest BCUT2D eigenvalue weighted by Gasteiger charge is -2.25. The molecule has 41 heavy (non-hydrogen) atoms. The number of aryl methyl sites for hydroxylation is 2. The van der Waals surface area contributed by atoms with Crippen LogP contribution in [0.1, 0.15) is 41.5 Å². The van der Waals surface area contributed by atoms with Crippen LogP contribution >= 0.6 is 23.2 Å². The highest BCUT2D eigenvalue weighted by Gasteiger charge is 2.17. The molecular weight excluding hydrogens is 553 g/mol. The number of nitrogens with zero attached hydrogens (tertiary/aromatic N) is 1. The Morgan fingerprint density at radius 1 is 0.780 bits per heavy atom. The van der Waals surface area contributed by atoms with Crippen molar-refractivity contribution >= 4 is 29.0 Å². The van der Waals surface area contributed by atoms with Gasteiger partial charge in [-0.3, -0.25) is 4.79 Å². The molecule has 4 aromatic carbocycles. The van der Waals surface area contributed by atoms with E-state index in [2.05, 4.69) is 48.3 Å². The summed E-state index contributed by atoms with van der Waals surface area (Å²) in [6.07, 6.45) is 1.40. The molecule has 4 aromatic rings. The Bertz CT molecular complexity index is 1330. The van der Waals surface area contributed by atoms with Gasteiger partial charge in [-0.15, -0.1) is 0 Å². The molecule has 0 amide bonds. The fourth-order valence-electron chi connectivity index (χ4n) is 4.66. The first-order valence-electron chi connectivity index (χ1n) is 13.9. The van der Waals surface area contributed by atoms with E-state index in [-0.39, 0.29) is 18.3 Å². The molecular formula is C35H37Cl2NO3. The normalized spacial score (nSPS) is 12.0. The predicted molar refractivity (Wildman–Crippen MR) is 169 cm³/mol. The van der Waals surface area contributed by atoms with Crippen molar-refractivity contribution in [3.63, 3.8) is 0 Å². The Labute approximate surface area is 253 Å². The second-order valence-electron chi connectivity index (χ2n) is 10.5. The van der Waals surface area contributed by atoms with Crippen molar-refractivity contribution in [3.8, 4) is 11.5 Å². The van der Waals surface area contributed by atoms with Crippen LogP contribution in [-0.2, 0) is 11.2 Å². The molecule has 0 fully saturated rings. The maximum Gasteiger partial charge on any atom is 0.210 e. The van der Waals surface area contributed by atoms with E-state index in [0.29, 0.717) is 11.5 Å². The van der Waals surface area contributed by atoms with Gasteiger partial charge in [0, 0.05) is 22.5 Å². The second kappa shape index (κ2) is 15.1. The van der Waals surface area contributed by atoms with Crippen LogP contribution in [0.5, 0.6) is 11.5 Å². The lowest BCUT2D eigenvalue weighted by atomic mass is 9.91. The number of hydrogen-bond acceptors (Lipinski definition) is 4. The number of ether oxygens (including phenoxy) is 2. The van der Waals surface area contributed by atoms with Crippen molar-refractivity contribution in [1.29, 1.82) is 0 Å². The van der Waals surface area contributed by atoms with Crippen LogP contribution in [0.3, 0.4) is 0 Å². The van der Waals surface area contributed by atoms with Crippen LogP contribution in [-0.4, -0.2) is 43.5 Å². The summed E-state index contributed by atoms with van der Waals surface area (Å²) in [5.41, 5.74) is 4.84. The molecule has 4 nitrogen and oxygen atoms in total. The number of carbonyl (C=O) groups is 1. The number of Topliss-reactive ketones (excluding diaryl/α,β-unsaturated/α-hetero) is 1. The van der Waals surface area contributed by atoms with Crippen LogP contribution < -0.4 is 9.47 Å². The monoisotopic (exact) mass is 589 g/mol. The minimum absolute atomic E-state index is 0.0282. The van der Waals surface area contributed by atoms with E-state index in [1.807, 2.05) is 67.6 Å². The molecule has 0 N–H and O–H groups in total. The highest BCUT2D eigenvalue weighted by molar-refractivity contribution is 6.30. The van der Waals surface area contributed by atoms with Crippen LogP contribution in [0.4, 0.5) is 0 Å². The van der Waals surface area contributed by atoms with Gasteiger partial charge in [0.05, 0.1) is 0 Å². The molecule has 0 saturated heterocycles. The number of benzene rings is 4. The summed E-state index contributed by atoms with van der Waals surface area (Å²) in [5, 5.41) is 1.48. The number of ketones is 1. The lowest BCUT2D eigenvalue weighted by Crippen LogP contribution is -2.28. The van der Waals surface area contributed by atoms with Crippen LogP contribution in [0.25, 0.3) is 0 Å². The molecule has 0 spiro atoms. The van der Waals surface area contributed by atoms with Gasteiger partial charge in [0.15, 0.2) is 12.7 Å². The molecule has 1 atom stereocenters. The minimum atomic E-state index is -0.576. The summed E-state index contributed by atoms with van der Waals surface area (Å²) in [6.45, 7) is 5.58. The highest BCUT2D eigenvalue weighted by atomic mass is 35.5. The first kappa shape index (κ1) is 30.6. The van der Waals surface area contributed by atoms with Gasteiger partial charge in [0.1, 0.15) is 11.5 Å². The zero-order chi connectivity index (χ0) is 29.2. The van der Waals surface area contributed by atoms with E-state index in [0.717, 1.165) is 41.5 Å². The molecule has 0 aromatic heterocycles. The number of halogens is 2. The third-order valence-corrected chi connectivity index (χ3v) is 7.64. The summed E-state index contributed by atoms with van der Waals surface area (Å²) in [6, 6.07) is 31.8. The van der Waals surface area contributed by atoms with E-state index >= 15 is 0 Å². The van der Waals surface area contributed by atoms with Gasteiger partial charge in [-0.1, -0.05) is 77.3 Å². The fraction of sp³-hybridized carbons (Fsp3) is 0.286. The van der Waals surface area contributed by atoms with E-state index in [4.69, 9.17) is 32.7 Å². The maximum atomic E-state index is 12.5. The molecule has 0 heterocycles. The zero-order valence-corrected chi connectivity index (χ0v) is 25.4.